The van der Waals surface area contributed by atoms with E-state index in [1.165, 1.54) is 12.3 Å². The molecule has 1 aromatic rings. The summed E-state index contributed by atoms with van der Waals surface area (Å²) in [7, 11) is 0. The van der Waals surface area contributed by atoms with Crippen molar-refractivity contribution in [2.24, 2.45) is 5.41 Å². The average Bonchev–Trinajstić information content (AvgIpc) is 2.21. The predicted molar refractivity (Wildman–Crippen MR) is 58.6 cm³/mol. The van der Waals surface area contributed by atoms with Crippen LogP contribution >= 0.6 is 0 Å². The summed E-state index contributed by atoms with van der Waals surface area (Å²) in [6.07, 6.45) is 2.25. The lowest BCUT2D eigenvalue weighted by Gasteiger charge is -2.21. The predicted octanol–water partition coefficient (Wildman–Crippen LogP) is 2.16. The zero-order valence-electron chi connectivity index (χ0n) is 9.24. The molecule has 0 aliphatic rings. The van der Waals surface area contributed by atoms with Gasteiger partial charge in [-0.3, -0.25) is 4.79 Å². The number of hydrogen-bond acceptors (Lipinski definition) is 3. The van der Waals surface area contributed by atoms with Crippen molar-refractivity contribution < 1.29 is 9.90 Å². The molecule has 0 unspecified atom stereocenters. The highest BCUT2D eigenvalue weighted by Crippen LogP contribution is 2.24. The number of rotatable bonds is 3. The number of amides is 1. The molecule has 0 radical (unpaired) electrons. The SMILES string of the molecule is CCC(C)(C)C(=O)Nc1ncccc1O. The van der Waals surface area contributed by atoms with Crippen LogP contribution in [-0.2, 0) is 4.79 Å². The van der Waals surface area contributed by atoms with Crippen LogP contribution in [-0.4, -0.2) is 16.0 Å². The highest BCUT2D eigenvalue weighted by molar-refractivity contribution is 5.94. The van der Waals surface area contributed by atoms with E-state index in [4.69, 9.17) is 0 Å². The zero-order chi connectivity index (χ0) is 11.5. The van der Waals surface area contributed by atoms with Crippen molar-refractivity contribution in [3.63, 3.8) is 0 Å². The monoisotopic (exact) mass is 208 g/mol. The Balaban J connectivity index is 2.80. The van der Waals surface area contributed by atoms with Crippen molar-refractivity contribution in [3.05, 3.63) is 18.3 Å². The third-order valence-corrected chi connectivity index (χ3v) is 2.52. The largest absolute Gasteiger partial charge is 0.504 e. The molecule has 0 bridgehead atoms. The normalized spacial score (nSPS) is 11.1. The maximum Gasteiger partial charge on any atom is 0.231 e. The highest BCUT2D eigenvalue weighted by atomic mass is 16.3. The fourth-order valence-electron chi connectivity index (χ4n) is 0.930. The lowest BCUT2D eigenvalue weighted by Crippen LogP contribution is -2.30. The van der Waals surface area contributed by atoms with E-state index in [9.17, 15) is 9.90 Å². The summed E-state index contributed by atoms with van der Waals surface area (Å²) in [4.78, 5) is 15.6. The lowest BCUT2D eigenvalue weighted by atomic mass is 9.89. The van der Waals surface area contributed by atoms with Crippen LogP contribution in [0.4, 0.5) is 5.82 Å². The van der Waals surface area contributed by atoms with Gasteiger partial charge in [-0.25, -0.2) is 4.98 Å². The molecule has 0 fully saturated rings. The summed E-state index contributed by atoms with van der Waals surface area (Å²) >= 11 is 0. The molecule has 1 amide bonds. The lowest BCUT2D eigenvalue weighted by molar-refractivity contribution is -0.124. The van der Waals surface area contributed by atoms with E-state index in [0.717, 1.165) is 6.42 Å². The standard InChI is InChI=1S/C11H16N2O2/c1-4-11(2,3)10(15)13-9-8(14)6-5-7-12-9/h5-7,14H,4H2,1-3H3,(H,12,13,15). The molecule has 0 aromatic carbocycles. The van der Waals surface area contributed by atoms with E-state index >= 15 is 0 Å². The first kappa shape index (κ1) is 11.5. The summed E-state index contributed by atoms with van der Waals surface area (Å²) in [5, 5.41) is 12.0. The molecule has 1 aromatic heterocycles. The number of nitrogens with zero attached hydrogens (tertiary/aromatic N) is 1. The topological polar surface area (TPSA) is 62.2 Å². The van der Waals surface area contributed by atoms with Gasteiger partial charge in [0.1, 0.15) is 0 Å². The first-order chi connectivity index (χ1) is 6.97. The average molecular weight is 208 g/mol. The molecule has 0 aliphatic carbocycles. The van der Waals surface area contributed by atoms with Crippen LogP contribution < -0.4 is 5.32 Å². The molecule has 0 aliphatic heterocycles. The summed E-state index contributed by atoms with van der Waals surface area (Å²) in [6.45, 7) is 5.64. The van der Waals surface area contributed by atoms with E-state index < -0.39 is 5.41 Å². The van der Waals surface area contributed by atoms with Crippen LogP contribution in [0.15, 0.2) is 18.3 Å². The summed E-state index contributed by atoms with van der Waals surface area (Å²) in [6, 6.07) is 3.09. The van der Waals surface area contributed by atoms with Crippen LogP contribution in [0.3, 0.4) is 0 Å². The minimum Gasteiger partial charge on any atom is -0.504 e. The maximum atomic E-state index is 11.8. The first-order valence-electron chi connectivity index (χ1n) is 4.93. The molecule has 1 heterocycles. The third kappa shape index (κ3) is 2.68. The maximum absolute atomic E-state index is 11.8. The van der Waals surface area contributed by atoms with Gasteiger partial charge in [-0.05, 0) is 18.6 Å². The first-order valence-corrected chi connectivity index (χ1v) is 4.93. The van der Waals surface area contributed by atoms with Crippen molar-refractivity contribution in [1.82, 2.24) is 4.98 Å². The van der Waals surface area contributed by atoms with Gasteiger partial charge < -0.3 is 10.4 Å². The number of anilines is 1. The van der Waals surface area contributed by atoms with Crippen LogP contribution in [0.5, 0.6) is 5.75 Å². The summed E-state index contributed by atoms with van der Waals surface area (Å²) < 4.78 is 0. The minimum atomic E-state index is -0.454. The van der Waals surface area contributed by atoms with Crippen LogP contribution in [0.2, 0.25) is 0 Å². The van der Waals surface area contributed by atoms with Gasteiger partial charge in [-0.1, -0.05) is 20.8 Å². The number of carbonyl (C=O) groups excluding carboxylic acids is 1. The Morgan fingerprint density at radius 1 is 1.60 bits per heavy atom. The number of carbonyl (C=O) groups is 1. The van der Waals surface area contributed by atoms with Gasteiger partial charge >= 0.3 is 0 Å². The second-order valence-electron chi connectivity index (χ2n) is 4.06. The Kier molecular flexibility index (Phi) is 3.29. The van der Waals surface area contributed by atoms with E-state index in [-0.39, 0.29) is 17.5 Å². The second kappa shape index (κ2) is 4.29. The highest BCUT2D eigenvalue weighted by Gasteiger charge is 2.26. The fraction of sp³-hybridized carbons (Fsp3) is 0.455. The molecule has 0 saturated heterocycles. The Hall–Kier alpha value is -1.58. The van der Waals surface area contributed by atoms with Crippen molar-refractivity contribution in [3.8, 4) is 5.75 Å². The van der Waals surface area contributed by atoms with Crippen LogP contribution in [0.25, 0.3) is 0 Å². The van der Waals surface area contributed by atoms with Crippen molar-refractivity contribution in [2.75, 3.05) is 5.32 Å². The Bertz CT molecular complexity index is 361. The molecule has 1 rings (SSSR count). The molecular weight excluding hydrogens is 192 g/mol. The number of aromatic hydroxyl groups is 1. The van der Waals surface area contributed by atoms with Crippen LogP contribution in [0.1, 0.15) is 27.2 Å². The van der Waals surface area contributed by atoms with Gasteiger partial charge in [-0.2, -0.15) is 0 Å². The zero-order valence-corrected chi connectivity index (χ0v) is 9.24. The van der Waals surface area contributed by atoms with Gasteiger partial charge in [0.2, 0.25) is 5.91 Å². The quantitative estimate of drug-likeness (QED) is 0.800. The number of nitrogens with one attached hydrogen (secondary N) is 1. The molecule has 82 valence electrons. The molecule has 0 saturated carbocycles. The van der Waals surface area contributed by atoms with Crippen molar-refractivity contribution >= 4 is 11.7 Å². The fourth-order valence-corrected chi connectivity index (χ4v) is 0.930. The molecule has 4 nitrogen and oxygen atoms in total. The number of hydrogen-bond donors (Lipinski definition) is 2. The molecular formula is C11H16N2O2. The number of pyridine rings is 1. The van der Waals surface area contributed by atoms with Gasteiger partial charge in [0.05, 0.1) is 0 Å². The molecule has 4 heteroatoms. The van der Waals surface area contributed by atoms with E-state index in [2.05, 4.69) is 10.3 Å². The van der Waals surface area contributed by atoms with Crippen molar-refractivity contribution in [1.29, 1.82) is 0 Å². The van der Waals surface area contributed by atoms with Crippen LogP contribution in [0, 0.1) is 5.41 Å². The van der Waals surface area contributed by atoms with E-state index in [0.29, 0.717) is 0 Å². The molecule has 0 atom stereocenters. The second-order valence-corrected chi connectivity index (χ2v) is 4.06. The van der Waals surface area contributed by atoms with E-state index in [1.54, 1.807) is 6.07 Å². The van der Waals surface area contributed by atoms with Gasteiger partial charge in [0.25, 0.3) is 0 Å². The molecule has 15 heavy (non-hydrogen) atoms. The van der Waals surface area contributed by atoms with Gasteiger partial charge in [-0.15, -0.1) is 0 Å². The summed E-state index contributed by atoms with van der Waals surface area (Å²) in [5.41, 5.74) is -0.454. The Morgan fingerprint density at radius 3 is 2.80 bits per heavy atom. The van der Waals surface area contributed by atoms with Crippen molar-refractivity contribution in [2.45, 2.75) is 27.2 Å². The number of aromatic nitrogens is 1. The minimum absolute atomic E-state index is 0.0160. The Labute approximate surface area is 89.3 Å². The molecule has 0 spiro atoms. The summed E-state index contributed by atoms with van der Waals surface area (Å²) in [5.74, 6) is 0.0563. The Morgan fingerprint density at radius 2 is 2.27 bits per heavy atom. The third-order valence-electron chi connectivity index (χ3n) is 2.52. The smallest absolute Gasteiger partial charge is 0.231 e. The van der Waals surface area contributed by atoms with E-state index in [1.807, 2.05) is 20.8 Å². The molecule has 2 N–H and O–H groups in total. The van der Waals surface area contributed by atoms with Gasteiger partial charge in [0, 0.05) is 11.6 Å². The van der Waals surface area contributed by atoms with Gasteiger partial charge in [0.15, 0.2) is 11.6 Å².